The van der Waals surface area contributed by atoms with Crippen LogP contribution in [-0.4, -0.2) is 41.5 Å². The summed E-state index contributed by atoms with van der Waals surface area (Å²) in [6.45, 7) is 2.02. The molecule has 5 nitrogen and oxygen atoms in total. The molecule has 163 valence electrons. The summed E-state index contributed by atoms with van der Waals surface area (Å²) in [6.07, 6.45) is 4.36. The molecule has 0 fully saturated rings. The van der Waals surface area contributed by atoms with Gasteiger partial charge in [-0.05, 0) is 36.8 Å². The second kappa shape index (κ2) is 17.9. The van der Waals surface area contributed by atoms with Crippen LogP contribution in [0.4, 0.5) is 0 Å². The average molecular weight is 449 g/mol. The van der Waals surface area contributed by atoms with Gasteiger partial charge in [-0.2, -0.15) is 0 Å². The number of aliphatic hydroxyl groups excluding tert-OH is 2. The van der Waals surface area contributed by atoms with Crippen LogP contribution in [0.2, 0.25) is 0 Å². The van der Waals surface area contributed by atoms with Gasteiger partial charge in [-0.25, -0.2) is 0 Å². The smallest absolute Gasteiger partial charge is 1.00 e. The second-order valence-electron chi connectivity index (χ2n) is 6.34. The van der Waals surface area contributed by atoms with E-state index >= 15 is 0 Å². The summed E-state index contributed by atoms with van der Waals surface area (Å²) in [5, 5.41) is 16.5. The molecular weight excluding hydrogens is 422 g/mol. The molecule has 0 bridgehead atoms. The van der Waals surface area contributed by atoms with Gasteiger partial charge in [-0.3, -0.25) is 14.8 Å². The third kappa shape index (κ3) is 10.7. The number of aldehydes is 1. The number of carbonyl (C=O) groups excluding carboxylic acids is 1. The Kier molecular flexibility index (Phi) is 16.5. The Morgan fingerprint density at radius 2 is 1.18 bits per heavy atom. The molecule has 0 unspecified atom stereocenters. The SMILES string of the molecule is CCO.O=Cc1ccc(-c2ccccn2)cc1.OCc1ccc(-c2ccccn2)cc1.[B].[H-].[Na+]. The minimum atomic E-state index is 0. The summed E-state index contributed by atoms with van der Waals surface area (Å²) < 4.78 is 0. The van der Waals surface area contributed by atoms with E-state index in [2.05, 4.69) is 9.97 Å². The number of rotatable bonds is 4. The molecule has 0 aliphatic heterocycles. The van der Waals surface area contributed by atoms with E-state index in [1.54, 1.807) is 31.5 Å². The summed E-state index contributed by atoms with van der Waals surface area (Å²) in [5.74, 6) is 0. The van der Waals surface area contributed by atoms with Crippen LogP contribution in [-0.2, 0) is 6.61 Å². The first-order chi connectivity index (χ1) is 15.2. The number of hydrogen-bond acceptors (Lipinski definition) is 5. The summed E-state index contributed by atoms with van der Waals surface area (Å²) in [5.41, 5.74) is 5.58. The van der Waals surface area contributed by atoms with Gasteiger partial charge in [0.15, 0.2) is 0 Å². The van der Waals surface area contributed by atoms with Crippen LogP contribution < -0.4 is 29.6 Å². The van der Waals surface area contributed by atoms with Crippen LogP contribution in [0.5, 0.6) is 0 Å². The van der Waals surface area contributed by atoms with Gasteiger partial charge >= 0.3 is 29.6 Å². The third-order valence-corrected chi connectivity index (χ3v) is 4.10. The third-order valence-electron chi connectivity index (χ3n) is 4.10. The number of aromatic nitrogens is 2. The molecule has 33 heavy (non-hydrogen) atoms. The molecule has 0 atom stereocenters. The van der Waals surface area contributed by atoms with Crippen molar-refractivity contribution in [3.05, 3.63) is 108 Å². The standard InChI is InChI=1S/C12H11NO.C12H9NO.C2H6O.B.Na.H/c2*14-9-10-4-6-11(7-5-10)12-3-1-2-8-13-12;1-2-3;;;/h1-8,14H,9H2;1-9H;3H,2H2,1H3;;;/q;;;;+1;-1. The molecule has 2 N–H and O–H groups in total. The fraction of sp³-hybridized carbons (Fsp3) is 0.115. The molecular formula is C26H27BN2NaO3. The van der Waals surface area contributed by atoms with Gasteiger partial charge in [0, 0.05) is 44.1 Å². The van der Waals surface area contributed by atoms with Crippen molar-refractivity contribution < 1.29 is 46.0 Å². The number of nitrogens with zero attached hydrogens (tertiary/aromatic N) is 2. The van der Waals surface area contributed by atoms with Gasteiger partial charge in [-0.15, -0.1) is 0 Å². The van der Waals surface area contributed by atoms with Crippen LogP contribution in [0.25, 0.3) is 22.5 Å². The number of aliphatic hydroxyl groups is 2. The van der Waals surface area contributed by atoms with Crippen LogP contribution in [0.1, 0.15) is 24.3 Å². The summed E-state index contributed by atoms with van der Waals surface area (Å²) in [7, 11) is 0. The van der Waals surface area contributed by atoms with E-state index in [9.17, 15) is 4.79 Å². The molecule has 0 saturated carbocycles. The van der Waals surface area contributed by atoms with Crippen LogP contribution in [0.15, 0.2) is 97.3 Å². The maximum absolute atomic E-state index is 10.4. The minimum absolute atomic E-state index is 0. The number of hydrogen-bond donors (Lipinski definition) is 2. The van der Waals surface area contributed by atoms with Gasteiger partial charge in [0.2, 0.25) is 0 Å². The Morgan fingerprint density at radius 1 is 0.758 bits per heavy atom. The van der Waals surface area contributed by atoms with Crippen LogP contribution in [0, 0.1) is 0 Å². The van der Waals surface area contributed by atoms with E-state index in [1.807, 2.05) is 72.8 Å². The molecule has 0 spiro atoms. The van der Waals surface area contributed by atoms with Crippen LogP contribution in [0.3, 0.4) is 0 Å². The van der Waals surface area contributed by atoms with E-state index in [1.165, 1.54) is 0 Å². The first kappa shape index (κ1) is 30.4. The fourth-order valence-electron chi connectivity index (χ4n) is 2.58. The Balaban J connectivity index is 0. The van der Waals surface area contributed by atoms with Gasteiger partial charge in [0.05, 0.1) is 18.0 Å². The van der Waals surface area contributed by atoms with Crippen molar-refractivity contribution in [2.24, 2.45) is 0 Å². The van der Waals surface area contributed by atoms with Gasteiger partial charge in [-0.1, -0.05) is 60.7 Å². The van der Waals surface area contributed by atoms with Crippen molar-refractivity contribution in [3.8, 4) is 22.5 Å². The first-order valence-electron chi connectivity index (χ1n) is 9.90. The van der Waals surface area contributed by atoms with Gasteiger partial charge in [0.25, 0.3) is 0 Å². The number of carbonyl (C=O) groups is 1. The Morgan fingerprint density at radius 3 is 1.52 bits per heavy atom. The van der Waals surface area contributed by atoms with Gasteiger partial charge in [0.1, 0.15) is 6.29 Å². The predicted octanol–water partition coefficient (Wildman–Crippen LogP) is 1.54. The maximum atomic E-state index is 10.4. The van der Waals surface area contributed by atoms with Crippen molar-refractivity contribution in [1.29, 1.82) is 0 Å². The Labute approximate surface area is 220 Å². The number of benzene rings is 2. The summed E-state index contributed by atoms with van der Waals surface area (Å²) in [4.78, 5) is 18.9. The molecule has 7 heteroatoms. The molecule has 2 heterocycles. The monoisotopic (exact) mass is 449 g/mol. The molecule has 2 aromatic carbocycles. The molecule has 0 amide bonds. The fourth-order valence-corrected chi connectivity index (χ4v) is 2.58. The number of pyridine rings is 2. The van der Waals surface area contributed by atoms with E-state index in [0.29, 0.717) is 5.56 Å². The van der Waals surface area contributed by atoms with E-state index in [4.69, 9.17) is 10.2 Å². The molecule has 3 radical (unpaired) electrons. The zero-order valence-electron chi connectivity index (χ0n) is 20.0. The van der Waals surface area contributed by atoms with Crippen molar-refractivity contribution >= 4 is 14.7 Å². The quantitative estimate of drug-likeness (QED) is 0.365. The molecule has 0 saturated heterocycles. The van der Waals surface area contributed by atoms with Crippen LogP contribution >= 0.6 is 0 Å². The van der Waals surface area contributed by atoms with E-state index in [0.717, 1.165) is 34.4 Å². The molecule has 0 aliphatic carbocycles. The van der Waals surface area contributed by atoms with Crippen molar-refractivity contribution in [2.45, 2.75) is 13.5 Å². The second-order valence-corrected chi connectivity index (χ2v) is 6.34. The summed E-state index contributed by atoms with van der Waals surface area (Å²) in [6, 6.07) is 26.7. The summed E-state index contributed by atoms with van der Waals surface area (Å²) >= 11 is 0. The Hall–Kier alpha value is -2.61. The molecule has 0 aliphatic rings. The van der Waals surface area contributed by atoms with Gasteiger partial charge < -0.3 is 11.6 Å². The normalized spacial score (nSPS) is 8.94. The zero-order valence-corrected chi connectivity index (χ0v) is 21.0. The topological polar surface area (TPSA) is 83.3 Å². The first-order valence-corrected chi connectivity index (χ1v) is 9.90. The maximum Gasteiger partial charge on any atom is 1.00 e. The molecule has 2 aromatic heterocycles. The van der Waals surface area contributed by atoms with Crippen molar-refractivity contribution in [3.63, 3.8) is 0 Å². The van der Waals surface area contributed by atoms with Crippen molar-refractivity contribution in [2.75, 3.05) is 6.61 Å². The molecule has 4 aromatic rings. The Bertz CT molecular complexity index is 1020. The minimum Gasteiger partial charge on any atom is -1.00 e. The average Bonchev–Trinajstić information content (AvgIpc) is 2.86. The van der Waals surface area contributed by atoms with E-state index < -0.39 is 0 Å². The zero-order chi connectivity index (χ0) is 22.3. The molecule has 4 rings (SSSR count). The predicted molar refractivity (Wildman–Crippen MR) is 130 cm³/mol. The van der Waals surface area contributed by atoms with Crippen molar-refractivity contribution in [1.82, 2.24) is 9.97 Å². The largest absolute Gasteiger partial charge is 1.00 e. The van der Waals surface area contributed by atoms with E-state index in [-0.39, 0.29) is 52.6 Å².